The van der Waals surface area contributed by atoms with E-state index in [1.54, 1.807) is 0 Å². The van der Waals surface area contributed by atoms with E-state index in [2.05, 4.69) is 0 Å². The minimum atomic E-state index is 0. The minimum Gasteiger partial charge on any atom is -0.377 e. The zero-order valence-electron chi connectivity index (χ0n) is 4.00. The predicted octanol–water partition coefficient (Wildman–Crippen LogP) is 0.0332. The second-order valence-electron chi connectivity index (χ2n) is 1.22. The van der Waals surface area contributed by atoms with Crippen molar-refractivity contribution in [1.82, 2.24) is 0 Å². The van der Waals surface area contributed by atoms with Gasteiger partial charge in [0.1, 0.15) is 0 Å². The summed E-state index contributed by atoms with van der Waals surface area (Å²) in [5, 5.41) is 0. The molecule has 0 unspecified atom stereocenters. The van der Waals surface area contributed by atoms with Crippen LogP contribution in [-0.2, 0) is 9.47 Å². The summed E-state index contributed by atoms with van der Waals surface area (Å²) in [5.74, 6) is 0. The first-order chi connectivity index (χ1) is 3.00. The third-order valence-electron chi connectivity index (χ3n) is 0.744. The standard InChI is InChI=1S/C4H8O2.Ar/c1-2-6-4-3-5-1;/h1-4H2;. The van der Waals surface area contributed by atoms with Gasteiger partial charge in [-0.1, -0.05) is 0 Å². The Morgan fingerprint density at radius 1 is 0.714 bits per heavy atom. The van der Waals surface area contributed by atoms with Crippen molar-refractivity contribution in [1.29, 1.82) is 0 Å². The van der Waals surface area contributed by atoms with E-state index in [4.69, 9.17) is 9.47 Å². The van der Waals surface area contributed by atoms with Crippen molar-refractivity contribution in [3.63, 3.8) is 0 Å². The van der Waals surface area contributed by atoms with Crippen molar-refractivity contribution in [2.24, 2.45) is 0 Å². The molecule has 0 atom stereocenters. The van der Waals surface area contributed by atoms with Gasteiger partial charge in [0.2, 0.25) is 0 Å². The van der Waals surface area contributed by atoms with Gasteiger partial charge in [0.25, 0.3) is 0 Å². The van der Waals surface area contributed by atoms with Gasteiger partial charge in [0, 0.05) is 37.7 Å². The molecule has 0 amide bonds. The van der Waals surface area contributed by atoms with Crippen molar-refractivity contribution in [3.05, 3.63) is 0 Å². The van der Waals surface area contributed by atoms with Gasteiger partial charge in [0.05, 0.1) is 26.4 Å². The quantitative estimate of drug-likeness (QED) is 0.458. The van der Waals surface area contributed by atoms with Crippen LogP contribution >= 0.6 is 0 Å². The third kappa shape index (κ3) is 3.74. The van der Waals surface area contributed by atoms with E-state index < -0.39 is 0 Å². The second-order valence-corrected chi connectivity index (χ2v) is 1.22. The fourth-order valence-corrected chi connectivity index (χ4v) is 0.440. The Bertz CT molecular complexity index is 25.2. The van der Waals surface area contributed by atoms with Gasteiger partial charge in [-0.05, 0) is 0 Å². The molecule has 0 saturated carbocycles. The first kappa shape index (κ1) is 8.18. The Hall–Kier alpha value is 1.18. The van der Waals surface area contributed by atoms with Gasteiger partial charge in [-0.2, -0.15) is 0 Å². The van der Waals surface area contributed by atoms with Crippen molar-refractivity contribution < 1.29 is 47.2 Å². The van der Waals surface area contributed by atoms with Crippen molar-refractivity contribution in [2.75, 3.05) is 26.4 Å². The zero-order chi connectivity index (χ0) is 4.24. The van der Waals surface area contributed by atoms with Crippen LogP contribution in [0.3, 0.4) is 0 Å². The summed E-state index contributed by atoms with van der Waals surface area (Å²) >= 11 is 0. The van der Waals surface area contributed by atoms with E-state index in [0.717, 1.165) is 26.4 Å². The van der Waals surface area contributed by atoms with Crippen LogP contribution in [0.5, 0.6) is 0 Å². The Balaban J connectivity index is 0.000000360. The molecule has 44 valence electrons. The largest absolute Gasteiger partial charge is 0.377 e. The average Bonchev–Trinajstić information content (AvgIpc) is 1.72. The van der Waals surface area contributed by atoms with Gasteiger partial charge in [-0.3, -0.25) is 0 Å². The summed E-state index contributed by atoms with van der Waals surface area (Å²) in [6, 6.07) is 0. The van der Waals surface area contributed by atoms with Crippen LogP contribution in [0, 0.1) is 37.7 Å². The number of hydrogen-bond donors (Lipinski definition) is 0. The van der Waals surface area contributed by atoms with Crippen LogP contribution in [-0.4, -0.2) is 26.4 Å². The molecule has 0 bridgehead atoms. The molecule has 0 radical (unpaired) electrons. The Labute approximate surface area is 73.2 Å². The van der Waals surface area contributed by atoms with E-state index in [1.165, 1.54) is 0 Å². The summed E-state index contributed by atoms with van der Waals surface area (Å²) in [7, 11) is 0. The molecule has 2 nitrogen and oxygen atoms in total. The topological polar surface area (TPSA) is 18.5 Å². The van der Waals surface area contributed by atoms with Crippen molar-refractivity contribution in [3.8, 4) is 0 Å². The van der Waals surface area contributed by atoms with Gasteiger partial charge in [-0.25, -0.2) is 0 Å². The molecule has 1 fully saturated rings. The van der Waals surface area contributed by atoms with Gasteiger partial charge in [0.15, 0.2) is 0 Å². The molecule has 1 aliphatic heterocycles. The molecule has 0 aromatic rings. The zero-order valence-corrected chi connectivity index (χ0v) is 4.71. The summed E-state index contributed by atoms with van der Waals surface area (Å²) in [6.45, 7) is 3.11. The average molecular weight is 128 g/mol. The Morgan fingerprint density at radius 2 is 1.00 bits per heavy atom. The van der Waals surface area contributed by atoms with Crippen molar-refractivity contribution >= 4 is 0 Å². The first-order valence-corrected chi connectivity index (χ1v) is 2.15. The summed E-state index contributed by atoms with van der Waals surface area (Å²) in [5.41, 5.74) is 0. The summed E-state index contributed by atoms with van der Waals surface area (Å²) in [4.78, 5) is 0. The van der Waals surface area contributed by atoms with E-state index in [9.17, 15) is 0 Å². The molecule has 0 aromatic heterocycles. The molecule has 1 saturated heterocycles. The molecule has 0 aliphatic carbocycles. The van der Waals surface area contributed by atoms with Gasteiger partial charge in [-0.15, -0.1) is 0 Å². The molecule has 1 heterocycles. The van der Waals surface area contributed by atoms with Crippen LogP contribution in [0.1, 0.15) is 0 Å². The van der Waals surface area contributed by atoms with Crippen LogP contribution < -0.4 is 0 Å². The molecule has 1 rings (SSSR count). The van der Waals surface area contributed by atoms with Crippen LogP contribution in [0.25, 0.3) is 0 Å². The fourth-order valence-electron chi connectivity index (χ4n) is 0.440. The van der Waals surface area contributed by atoms with Crippen LogP contribution in [0.4, 0.5) is 0 Å². The molecular formula is C4H8ArO2. The Kier molecular flexibility index (Phi) is 6.22. The Morgan fingerprint density at radius 3 is 1.14 bits per heavy atom. The van der Waals surface area contributed by atoms with E-state index in [1.807, 2.05) is 0 Å². The maximum atomic E-state index is 4.94. The molecule has 0 spiro atoms. The molecule has 7 heavy (non-hydrogen) atoms. The first-order valence-electron chi connectivity index (χ1n) is 2.15. The number of rotatable bonds is 0. The van der Waals surface area contributed by atoms with Crippen molar-refractivity contribution in [2.45, 2.75) is 0 Å². The summed E-state index contributed by atoms with van der Waals surface area (Å²) < 4.78 is 9.89. The monoisotopic (exact) mass is 128 g/mol. The third-order valence-corrected chi connectivity index (χ3v) is 0.744. The van der Waals surface area contributed by atoms with Gasteiger partial charge < -0.3 is 9.47 Å². The molecule has 0 N–H and O–H groups in total. The fraction of sp³-hybridized carbons (Fsp3) is 1.00. The predicted molar refractivity (Wildman–Crippen MR) is 21.6 cm³/mol. The maximum Gasteiger partial charge on any atom is 0.0701 e. The maximum absolute atomic E-state index is 4.94. The SMILES string of the molecule is C1COCCO1.[Ar]. The van der Waals surface area contributed by atoms with E-state index in [0.29, 0.717) is 0 Å². The van der Waals surface area contributed by atoms with Crippen LogP contribution in [0.15, 0.2) is 0 Å². The minimum absolute atomic E-state index is 0. The smallest absolute Gasteiger partial charge is 0.0701 e. The van der Waals surface area contributed by atoms with E-state index >= 15 is 0 Å². The molecular weight excluding hydrogens is 120 g/mol. The van der Waals surface area contributed by atoms with Crippen LogP contribution in [0.2, 0.25) is 0 Å². The number of hydrogen-bond acceptors (Lipinski definition) is 2. The van der Waals surface area contributed by atoms with E-state index in [-0.39, 0.29) is 37.7 Å². The second kappa shape index (κ2) is 5.32. The number of ether oxygens (including phenoxy) is 2. The van der Waals surface area contributed by atoms with Gasteiger partial charge >= 0.3 is 0 Å². The summed E-state index contributed by atoms with van der Waals surface area (Å²) in [6.07, 6.45) is 0. The molecule has 3 heteroatoms. The normalized spacial score (nSPS) is 20.6. The molecule has 0 aromatic carbocycles. The molecule has 1 aliphatic rings.